The van der Waals surface area contributed by atoms with Crippen LogP contribution in [0.4, 0.5) is 0 Å². The van der Waals surface area contributed by atoms with Crippen LogP contribution < -0.4 is 5.32 Å². The molecule has 4 heteroatoms. The first-order valence-corrected chi connectivity index (χ1v) is 7.03. The number of amides is 1. The lowest BCUT2D eigenvalue weighted by atomic mass is 10.1. The van der Waals surface area contributed by atoms with E-state index >= 15 is 0 Å². The van der Waals surface area contributed by atoms with Gasteiger partial charge < -0.3 is 5.32 Å². The number of halogens is 1. The van der Waals surface area contributed by atoms with Crippen molar-refractivity contribution in [1.29, 1.82) is 0 Å². The minimum Gasteiger partial charge on any atom is -0.347 e. The van der Waals surface area contributed by atoms with E-state index in [1.807, 2.05) is 54.8 Å². The van der Waals surface area contributed by atoms with E-state index in [-0.39, 0.29) is 11.9 Å². The molecule has 0 aliphatic carbocycles. The quantitative estimate of drug-likeness (QED) is 0.845. The highest BCUT2D eigenvalue weighted by Crippen LogP contribution is 2.23. The van der Waals surface area contributed by atoms with Gasteiger partial charge in [0, 0.05) is 4.88 Å². The van der Waals surface area contributed by atoms with Crippen molar-refractivity contribution in [2.24, 2.45) is 0 Å². The zero-order valence-electron chi connectivity index (χ0n) is 9.97. The molecule has 1 unspecified atom stereocenters. The van der Waals surface area contributed by atoms with Crippen molar-refractivity contribution in [3.8, 4) is 0 Å². The molecule has 0 saturated carbocycles. The van der Waals surface area contributed by atoms with Crippen LogP contribution in [0.1, 0.15) is 28.8 Å². The van der Waals surface area contributed by atoms with Gasteiger partial charge in [-0.3, -0.25) is 4.79 Å². The molecule has 94 valence electrons. The topological polar surface area (TPSA) is 29.1 Å². The molecular weight excluding hydrogens is 266 g/mol. The molecule has 2 aromatic rings. The molecule has 2 atom stereocenters. The Kier molecular flexibility index (Phi) is 4.39. The monoisotopic (exact) mass is 279 g/mol. The fraction of sp³-hybridized carbons (Fsp3) is 0.214. The third kappa shape index (κ3) is 3.12. The summed E-state index contributed by atoms with van der Waals surface area (Å²) in [5, 5.41) is 4.27. The number of alkyl halides is 1. The van der Waals surface area contributed by atoms with Gasteiger partial charge in [0.25, 0.3) is 0 Å². The van der Waals surface area contributed by atoms with Crippen molar-refractivity contribution in [3.05, 3.63) is 58.3 Å². The van der Waals surface area contributed by atoms with Crippen molar-refractivity contribution in [2.75, 3.05) is 0 Å². The molecular formula is C14H14ClNOS. The number of hydrogen-bond donors (Lipinski definition) is 1. The summed E-state index contributed by atoms with van der Waals surface area (Å²) in [6.07, 6.45) is 0. The first kappa shape index (κ1) is 13.1. The maximum atomic E-state index is 12.0. The number of thiophene rings is 1. The predicted molar refractivity (Wildman–Crippen MR) is 75.9 cm³/mol. The summed E-state index contributed by atoms with van der Waals surface area (Å²) in [6, 6.07) is 13.3. The molecule has 1 amide bonds. The lowest BCUT2D eigenvalue weighted by molar-refractivity contribution is -0.121. The smallest absolute Gasteiger partial charge is 0.243 e. The summed E-state index contributed by atoms with van der Waals surface area (Å²) in [5.41, 5.74) is 0.815. The van der Waals surface area contributed by atoms with E-state index in [9.17, 15) is 4.79 Å². The van der Waals surface area contributed by atoms with Crippen molar-refractivity contribution in [1.82, 2.24) is 5.32 Å². The highest BCUT2D eigenvalue weighted by atomic mass is 35.5. The molecule has 1 heterocycles. The second-order valence-electron chi connectivity index (χ2n) is 4.02. The van der Waals surface area contributed by atoms with Gasteiger partial charge in [0.05, 0.1) is 6.04 Å². The fourth-order valence-corrected chi connectivity index (χ4v) is 2.61. The Hall–Kier alpha value is -1.32. The zero-order chi connectivity index (χ0) is 13.0. The highest BCUT2D eigenvalue weighted by molar-refractivity contribution is 7.10. The summed E-state index contributed by atoms with van der Waals surface area (Å²) in [7, 11) is 0. The number of hydrogen-bond acceptors (Lipinski definition) is 2. The lowest BCUT2D eigenvalue weighted by Crippen LogP contribution is -2.29. The number of nitrogens with one attached hydrogen (secondary N) is 1. The van der Waals surface area contributed by atoms with E-state index in [4.69, 9.17) is 11.6 Å². The van der Waals surface area contributed by atoms with Crippen molar-refractivity contribution < 1.29 is 4.79 Å². The van der Waals surface area contributed by atoms with Crippen molar-refractivity contribution in [3.63, 3.8) is 0 Å². The van der Waals surface area contributed by atoms with Gasteiger partial charge in [-0.2, -0.15) is 0 Å². The molecule has 2 nitrogen and oxygen atoms in total. The third-order valence-electron chi connectivity index (χ3n) is 2.65. The maximum absolute atomic E-state index is 12.0. The minimum atomic E-state index is -0.645. The molecule has 1 aromatic carbocycles. The number of benzene rings is 1. The molecule has 0 aliphatic heterocycles. The molecule has 0 saturated heterocycles. The molecule has 1 N–H and O–H groups in total. The van der Waals surface area contributed by atoms with Crippen LogP contribution in [0.5, 0.6) is 0 Å². The van der Waals surface area contributed by atoms with E-state index in [1.165, 1.54) is 0 Å². The van der Waals surface area contributed by atoms with Crippen LogP contribution in [0, 0.1) is 0 Å². The van der Waals surface area contributed by atoms with Gasteiger partial charge in [-0.25, -0.2) is 0 Å². The number of rotatable bonds is 4. The molecule has 0 bridgehead atoms. The summed E-state index contributed by atoms with van der Waals surface area (Å²) in [4.78, 5) is 13.1. The zero-order valence-corrected chi connectivity index (χ0v) is 11.5. The van der Waals surface area contributed by atoms with E-state index < -0.39 is 5.38 Å². The van der Waals surface area contributed by atoms with Gasteiger partial charge in [-0.1, -0.05) is 36.4 Å². The predicted octanol–water partition coefficient (Wildman–Crippen LogP) is 3.91. The van der Waals surface area contributed by atoms with E-state index in [1.54, 1.807) is 11.3 Å². The second-order valence-corrected chi connectivity index (χ2v) is 5.43. The Labute approximate surface area is 116 Å². The largest absolute Gasteiger partial charge is 0.347 e. The Morgan fingerprint density at radius 3 is 2.56 bits per heavy atom. The molecule has 0 fully saturated rings. The molecule has 18 heavy (non-hydrogen) atoms. The van der Waals surface area contributed by atoms with Gasteiger partial charge in [-0.15, -0.1) is 22.9 Å². The van der Waals surface area contributed by atoms with Crippen LogP contribution in [-0.4, -0.2) is 5.91 Å². The van der Waals surface area contributed by atoms with E-state index in [0.29, 0.717) is 0 Å². The third-order valence-corrected chi connectivity index (χ3v) is 4.16. The second kappa shape index (κ2) is 6.03. The Balaban J connectivity index is 2.00. The van der Waals surface area contributed by atoms with E-state index in [0.717, 1.165) is 10.4 Å². The first-order chi connectivity index (χ1) is 8.68. The Bertz CT molecular complexity index is 498. The van der Waals surface area contributed by atoms with Gasteiger partial charge in [0.2, 0.25) is 5.91 Å². The summed E-state index contributed by atoms with van der Waals surface area (Å²) in [6.45, 7) is 1.96. The Morgan fingerprint density at radius 2 is 1.94 bits per heavy atom. The van der Waals surface area contributed by atoms with Gasteiger partial charge in [0.1, 0.15) is 5.38 Å². The van der Waals surface area contributed by atoms with Crippen LogP contribution in [0.3, 0.4) is 0 Å². The summed E-state index contributed by atoms with van der Waals surface area (Å²) in [5.74, 6) is -0.163. The van der Waals surface area contributed by atoms with Gasteiger partial charge in [0.15, 0.2) is 0 Å². The van der Waals surface area contributed by atoms with Crippen LogP contribution in [0.2, 0.25) is 0 Å². The van der Waals surface area contributed by atoms with Crippen LogP contribution in [0.25, 0.3) is 0 Å². The molecule has 0 spiro atoms. The Morgan fingerprint density at radius 1 is 1.22 bits per heavy atom. The molecule has 0 aliphatic rings. The maximum Gasteiger partial charge on any atom is 0.243 e. The SMILES string of the molecule is C[C@H](NC(=O)C(Cl)c1ccccc1)c1cccs1. The van der Waals surface area contributed by atoms with Crippen molar-refractivity contribution in [2.45, 2.75) is 18.3 Å². The van der Waals surface area contributed by atoms with Crippen LogP contribution in [0.15, 0.2) is 47.8 Å². The number of carbonyl (C=O) groups excluding carboxylic acids is 1. The van der Waals surface area contributed by atoms with Crippen LogP contribution in [-0.2, 0) is 4.79 Å². The normalized spacial score (nSPS) is 13.9. The summed E-state index contributed by atoms with van der Waals surface area (Å²) >= 11 is 7.78. The van der Waals surface area contributed by atoms with Gasteiger partial charge in [-0.05, 0) is 23.9 Å². The lowest BCUT2D eigenvalue weighted by Gasteiger charge is -2.15. The highest BCUT2D eigenvalue weighted by Gasteiger charge is 2.19. The molecule has 0 radical (unpaired) electrons. The average Bonchev–Trinajstić information content (AvgIpc) is 2.92. The minimum absolute atomic E-state index is 0.0116. The molecule has 2 rings (SSSR count). The standard InChI is InChI=1S/C14H14ClNOS/c1-10(12-8-5-9-18-12)16-14(17)13(15)11-6-3-2-4-7-11/h2-10,13H,1H3,(H,16,17)/t10-,13?/m0/s1. The molecule has 1 aromatic heterocycles. The van der Waals surface area contributed by atoms with E-state index in [2.05, 4.69) is 5.32 Å². The van der Waals surface area contributed by atoms with Crippen LogP contribution >= 0.6 is 22.9 Å². The summed E-state index contributed by atoms with van der Waals surface area (Å²) < 4.78 is 0. The van der Waals surface area contributed by atoms with Gasteiger partial charge >= 0.3 is 0 Å². The fourth-order valence-electron chi connectivity index (χ4n) is 1.67. The first-order valence-electron chi connectivity index (χ1n) is 5.71. The average molecular weight is 280 g/mol. The number of carbonyl (C=O) groups is 1. The van der Waals surface area contributed by atoms with Crippen molar-refractivity contribution >= 4 is 28.8 Å².